The molecule has 1 fully saturated rings. The average molecular weight is 172 g/mol. The van der Waals surface area contributed by atoms with Crippen LogP contribution in [-0.2, 0) is 0 Å². The van der Waals surface area contributed by atoms with Gasteiger partial charge in [0.15, 0.2) is 0 Å². The molecule has 2 amide bonds. The molecule has 5 heteroatoms. The lowest BCUT2D eigenvalue weighted by molar-refractivity contribution is 0.180. The first-order chi connectivity index (χ1) is 5.59. The van der Waals surface area contributed by atoms with Crippen LogP contribution < -0.4 is 11.2 Å². The molecule has 0 aromatic heterocycles. The third-order valence-electron chi connectivity index (χ3n) is 1.83. The number of hydrogen-bond acceptors (Lipinski definition) is 3. The molecule has 1 saturated heterocycles. The molecule has 0 radical (unpaired) electrons. The van der Waals surface area contributed by atoms with Gasteiger partial charge < -0.3 is 10.6 Å². The monoisotopic (exact) mass is 172 g/mol. The van der Waals surface area contributed by atoms with Crippen molar-refractivity contribution in [2.45, 2.75) is 12.5 Å². The minimum absolute atomic E-state index is 0.0621. The van der Waals surface area contributed by atoms with Crippen LogP contribution in [0.3, 0.4) is 0 Å². The molecule has 70 valence electrons. The molecule has 1 unspecified atom stereocenters. The number of rotatable bonds is 1. The minimum Gasteiger partial charge on any atom is -0.326 e. The molecule has 0 bridgehead atoms. The number of urea groups is 1. The summed E-state index contributed by atoms with van der Waals surface area (Å²) in [4.78, 5) is 13.0. The number of nitrogens with one attached hydrogen (secondary N) is 1. The number of carbonyl (C=O) groups is 1. The lowest BCUT2D eigenvalue weighted by atomic mass is 10.3. The molecule has 1 atom stereocenters. The molecular formula is C7H16N4O. The minimum atomic E-state index is -0.0621. The van der Waals surface area contributed by atoms with E-state index >= 15 is 0 Å². The van der Waals surface area contributed by atoms with E-state index < -0.39 is 0 Å². The maximum Gasteiger partial charge on any atom is 0.331 e. The van der Waals surface area contributed by atoms with Gasteiger partial charge in [-0.3, -0.25) is 5.43 Å². The van der Waals surface area contributed by atoms with Crippen molar-refractivity contribution in [1.29, 1.82) is 0 Å². The molecule has 1 heterocycles. The Bertz CT molecular complexity index is 171. The van der Waals surface area contributed by atoms with Crippen LogP contribution in [0.5, 0.6) is 0 Å². The second kappa shape index (κ2) is 3.73. The second-order valence-corrected chi connectivity index (χ2v) is 3.31. The maximum atomic E-state index is 11.3. The molecule has 1 aliphatic rings. The maximum absolute atomic E-state index is 11.3. The highest BCUT2D eigenvalue weighted by molar-refractivity contribution is 5.73. The molecule has 12 heavy (non-hydrogen) atoms. The van der Waals surface area contributed by atoms with E-state index in [4.69, 9.17) is 5.73 Å². The summed E-state index contributed by atoms with van der Waals surface area (Å²) in [6.07, 6.45) is 0.904. The summed E-state index contributed by atoms with van der Waals surface area (Å²) in [7, 11) is 3.57. The van der Waals surface area contributed by atoms with Gasteiger partial charge in [-0.1, -0.05) is 0 Å². The topological polar surface area (TPSA) is 61.6 Å². The van der Waals surface area contributed by atoms with E-state index in [1.165, 1.54) is 0 Å². The van der Waals surface area contributed by atoms with Crippen LogP contribution in [0.2, 0.25) is 0 Å². The summed E-state index contributed by atoms with van der Waals surface area (Å²) in [6.45, 7) is 1.43. The summed E-state index contributed by atoms with van der Waals surface area (Å²) >= 11 is 0. The normalized spacial score (nSPS) is 23.3. The number of hydrazine groups is 1. The van der Waals surface area contributed by atoms with Gasteiger partial charge in [-0.25, -0.2) is 9.80 Å². The highest BCUT2D eigenvalue weighted by Gasteiger charge is 2.23. The first-order valence-electron chi connectivity index (χ1n) is 4.08. The van der Waals surface area contributed by atoms with E-state index in [1.807, 2.05) is 0 Å². The van der Waals surface area contributed by atoms with Crippen LogP contribution in [0, 0.1) is 0 Å². The zero-order valence-electron chi connectivity index (χ0n) is 7.58. The van der Waals surface area contributed by atoms with Gasteiger partial charge in [0.2, 0.25) is 0 Å². The smallest absolute Gasteiger partial charge is 0.326 e. The molecule has 1 rings (SSSR count). The number of nitrogens with zero attached hydrogens (tertiary/aromatic N) is 2. The van der Waals surface area contributed by atoms with Crippen LogP contribution in [0.15, 0.2) is 0 Å². The van der Waals surface area contributed by atoms with Gasteiger partial charge in [-0.05, 0) is 6.42 Å². The molecule has 0 spiro atoms. The van der Waals surface area contributed by atoms with Gasteiger partial charge in [-0.2, -0.15) is 0 Å². The van der Waals surface area contributed by atoms with Crippen molar-refractivity contribution in [2.24, 2.45) is 5.73 Å². The SMILES string of the molecule is CN(C)NC(=O)N1CCC(N)C1. The fourth-order valence-corrected chi connectivity index (χ4v) is 1.23. The number of nitrogens with two attached hydrogens (primary N) is 1. The zero-order valence-corrected chi connectivity index (χ0v) is 7.58. The van der Waals surface area contributed by atoms with Gasteiger partial charge in [0.1, 0.15) is 0 Å². The Morgan fingerprint density at radius 2 is 2.33 bits per heavy atom. The van der Waals surface area contributed by atoms with Crippen molar-refractivity contribution in [3.63, 3.8) is 0 Å². The van der Waals surface area contributed by atoms with E-state index in [-0.39, 0.29) is 12.1 Å². The Hall–Kier alpha value is -0.810. The third-order valence-corrected chi connectivity index (χ3v) is 1.83. The molecule has 3 N–H and O–H groups in total. The Kier molecular flexibility index (Phi) is 2.88. The van der Waals surface area contributed by atoms with E-state index in [0.717, 1.165) is 13.0 Å². The Labute approximate surface area is 72.5 Å². The lowest BCUT2D eigenvalue weighted by Crippen LogP contribution is -2.45. The fraction of sp³-hybridized carbons (Fsp3) is 0.857. The van der Waals surface area contributed by atoms with Crippen LogP contribution in [0.1, 0.15) is 6.42 Å². The first-order valence-corrected chi connectivity index (χ1v) is 4.08. The summed E-state index contributed by atoms with van der Waals surface area (Å²) in [5.74, 6) is 0. The number of carbonyl (C=O) groups excluding carboxylic acids is 1. The van der Waals surface area contributed by atoms with Crippen LogP contribution in [-0.4, -0.2) is 49.2 Å². The predicted molar refractivity (Wildman–Crippen MR) is 46.4 cm³/mol. The molecule has 1 aliphatic heterocycles. The summed E-state index contributed by atoms with van der Waals surface area (Å²) in [6, 6.07) is 0.0888. The standard InChI is InChI=1S/C7H16N4O/c1-10(2)9-7(12)11-4-3-6(8)5-11/h6H,3-5,8H2,1-2H3,(H,9,12). The summed E-state index contributed by atoms with van der Waals surface area (Å²) < 4.78 is 0. The van der Waals surface area contributed by atoms with Crippen molar-refractivity contribution in [3.05, 3.63) is 0 Å². The second-order valence-electron chi connectivity index (χ2n) is 3.31. The van der Waals surface area contributed by atoms with Crippen LogP contribution in [0.25, 0.3) is 0 Å². The van der Waals surface area contributed by atoms with Crippen molar-refractivity contribution in [1.82, 2.24) is 15.3 Å². The molecule has 0 aromatic rings. The summed E-state index contributed by atoms with van der Waals surface area (Å²) in [5, 5.41) is 1.63. The van der Waals surface area contributed by atoms with E-state index in [1.54, 1.807) is 24.0 Å². The van der Waals surface area contributed by atoms with Gasteiger partial charge in [0, 0.05) is 33.2 Å². The van der Waals surface area contributed by atoms with Gasteiger partial charge in [0.25, 0.3) is 0 Å². The molecular weight excluding hydrogens is 156 g/mol. The van der Waals surface area contributed by atoms with Crippen LogP contribution in [0.4, 0.5) is 4.79 Å². The highest BCUT2D eigenvalue weighted by atomic mass is 16.2. The zero-order chi connectivity index (χ0) is 9.14. The lowest BCUT2D eigenvalue weighted by Gasteiger charge is -2.19. The van der Waals surface area contributed by atoms with Crippen LogP contribution >= 0.6 is 0 Å². The fourth-order valence-electron chi connectivity index (χ4n) is 1.23. The third kappa shape index (κ3) is 2.35. The Balaban J connectivity index is 2.33. The number of likely N-dealkylation sites (tertiary alicyclic amines) is 1. The Morgan fingerprint density at radius 3 is 2.75 bits per heavy atom. The molecule has 0 saturated carbocycles. The predicted octanol–water partition coefficient (Wildman–Crippen LogP) is -0.794. The highest BCUT2D eigenvalue weighted by Crippen LogP contribution is 2.06. The summed E-state index contributed by atoms with van der Waals surface area (Å²) in [5.41, 5.74) is 8.33. The Morgan fingerprint density at radius 1 is 1.67 bits per heavy atom. The number of hydrogen-bond donors (Lipinski definition) is 2. The van der Waals surface area contributed by atoms with Gasteiger partial charge in [0.05, 0.1) is 0 Å². The first kappa shape index (κ1) is 9.28. The van der Waals surface area contributed by atoms with Gasteiger partial charge in [-0.15, -0.1) is 0 Å². The largest absolute Gasteiger partial charge is 0.331 e. The van der Waals surface area contributed by atoms with Crippen molar-refractivity contribution < 1.29 is 4.79 Å². The van der Waals surface area contributed by atoms with E-state index in [9.17, 15) is 4.79 Å². The van der Waals surface area contributed by atoms with E-state index in [2.05, 4.69) is 5.43 Å². The van der Waals surface area contributed by atoms with Gasteiger partial charge >= 0.3 is 6.03 Å². The molecule has 0 aromatic carbocycles. The molecule has 5 nitrogen and oxygen atoms in total. The number of amides is 2. The van der Waals surface area contributed by atoms with Crippen molar-refractivity contribution in [3.8, 4) is 0 Å². The average Bonchev–Trinajstić information content (AvgIpc) is 2.34. The van der Waals surface area contributed by atoms with Crippen molar-refractivity contribution >= 4 is 6.03 Å². The van der Waals surface area contributed by atoms with Crippen molar-refractivity contribution in [2.75, 3.05) is 27.2 Å². The van der Waals surface area contributed by atoms with E-state index in [0.29, 0.717) is 6.54 Å². The molecule has 0 aliphatic carbocycles. The quantitative estimate of drug-likeness (QED) is 0.509.